The fourth-order valence-corrected chi connectivity index (χ4v) is 3.77. The van der Waals surface area contributed by atoms with Crippen molar-refractivity contribution in [3.8, 4) is 0 Å². The standard InChI is InChI=1S/C26H25N3O2/c1-17-7-11-20(12-8-17)16-29-24(21-13-9-18(2)10-14-21)23(26(31)28-29)27-25(30)22-6-4-5-19(3)15-22/h4-16,23-24H,1-3H3,(H-,27,28,30,31)/p+1/b29-16-/t23-,24+/m0/s1. The summed E-state index contributed by atoms with van der Waals surface area (Å²) in [5.41, 5.74) is 8.67. The quantitative estimate of drug-likeness (QED) is 0.643. The molecule has 156 valence electrons. The molecule has 0 bridgehead atoms. The predicted octanol–water partition coefficient (Wildman–Crippen LogP) is 3.63. The van der Waals surface area contributed by atoms with Crippen LogP contribution < -0.4 is 10.7 Å². The molecule has 0 aromatic heterocycles. The fourth-order valence-electron chi connectivity index (χ4n) is 3.77. The summed E-state index contributed by atoms with van der Waals surface area (Å²) in [5.74, 6) is -0.506. The molecule has 4 rings (SSSR count). The van der Waals surface area contributed by atoms with Crippen molar-refractivity contribution in [2.75, 3.05) is 0 Å². The van der Waals surface area contributed by atoms with Gasteiger partial charge in [-0.25, -0.2) is 0 Å². The van der Waals surface area contributed by atoms with Gasteiger partial charge in [0.2, 0.25) is 12.3 Å². The third kappa shape index (κ3) is 4.56. The molecule has 1 aliphatic rings. The Balaban J connectivity index is 1.70. The van der Waals surface area contributed by atoms with E-state index in [1.54, 1.807) is 10.8 Å². The van der Waals surface area contributed by atoms with Gasteiger partial charge >= 0.3 is 5.91 Å². The van der Waals surface area contributed by atoms with Crippen LogP contribution in [0.4, 0.5) is 0 Å². The van der Waals surface area contributed by atoms with Crippen molar-refractivity contribution in [2.45, 2.75) is 32.9 Å². The molecule has 1 fully saturated rings. The van der Waals surface area contributed by atoms with E-state index in [4.69, 9.17) is 0 Å². The summed E-state index contributed by atoms with van der Waals surface area (Å²) in [6, 6.07) is 22.4. The lowest BCUT2D eigenvalue weighted by Gasteiger charge is -2.15. The zero-order valence-electron chi connectivity index (χ0n) is 17.9. The van der Waals surface area contributed by atoms with Gasteiger partial charge in [-0.1, -0.05) is 65.2 Å². The molecule has 2 N–H and O–H groups in total. The minimum absolute atomic E-state index is 0.241. The summed E-state index contributed by atoms with van der Waals surface area (Å²) >= 11 is 0. The third-order valence-corrected chi connectivity index (χ3v) is 5.49. The van der Waals surface area contributed by atoms with Gasteiger partial charge < -0.3 is 5.32 Å². The first-order valence-electron chi connectivity index (χ1n) is 10.4. The highest BCUT2D eigenvalue weighted by molar-refractivity contribution is 5.98. The van der Waals surface area contributed by atoms with Gasteiger partial charge in [0.25, 0.3) is 5.91 Å². The molecule has 0 saturated carbocycles. The fraction of sp³-hybridized carbons (Fsp3) is 0.192. The lowest BCUT2D eigenvalue weighted by Crippen LogP contribution is -2.42. The average molecular weight is 413 g/mol. The largest absolute Gasteiger partial charge is 0.334 e. The first-order valence-corrected chi connectivity index (χ1v) is 10.4. The van der Waals surface area contributed by atoms with Crippen LogP contribution in [0.1, 0.15) is 44.2 Å². The molecule has 2 amide bonds. The van der Waals surface area contributed by atoms with E-state index in [9.17, 15) is 9.59 Å². The number of carbonyl (C=O) groups is 2. The zero-order valence-corrected chi connectivity index (χ0v) is 17.9. The van der Waals surface area contributed by atoms with Gasteiger partial charge in [-0.05, 0) is 45.0 Å². The Kier molecular flexibility index (Phi) is 5.67. The molecule has 5 heteroatoms. The van der Waals surface area contributed by atoms with Crippen LogP contribution in [0.3, 0.4) is 0 Å². The molecule has 1 heterocycles. The van der Waals surface area contributed by atoms with Crippen LogP contribution in [0.5, 0.6) is 0 Å². The third-order valence-electron chi connectivity index (χ3n) is 5.49. The van der Waals surface area contributed by atoms with E-state index in [0.29, 0.717) is 5.56 Å². The molecule has 3 aromatic rings. The highest BCUT2D eigenvalue weighted by Crippen LogP contribution is 2.26. The molecule has 0 spiro atoms. The van der Waals surface area contributed by atoms with Crippen LogP contribution in [0.25, 0.3) is 0 Å². The van der Waals surface area contributed by atoms with E-state index in [-0.39, 0.29) is 17.9 Å². The molecule has 0 aliphatic carbocycles. The van der Waals surface area contributed by atoms with Gasteiger partial charge in [0, 0.05) is 16.7 Å². The highest BCUT2D eigenvalue weighted by Gasteiger charge is 2.47. The molecule has 0 radical (unpaired) electrons. The number of amides is 2. The number of nitrogens with zero attached hydrogens (tertiary/aromatic N) is 1. The molecule has 3 aromatic carbocycles. The Morgan fingerprint density at radius 1 is 0.903 bits per heavy atom. The Bertz CT molecular complexity index is 1150. The van der Waals surface area contributed by atoms with Gasteiger partial charge in [-0.15, -0.1) is 10.1 Å². The lowest BCUT2D eigenvalue weighted by atomic mass is 9.98. The Morgan fingerprint density at radius 2 is 1.55 bits per heavy atom. The second-order valence-electron chi connectivity index (χ2n) is 8.10. The monoisotopic (exact) mass is 412 g/mol. The molecule has 1 saturated heterocycles. The van der Waals surface area contributed by atoms with E-state index >= 15 is 0 Å². The molecule has 0 unspecified atom stereocenters. The van der Waals surface area contributed by atoms with Crippen LogP contribution in [0.2, 0.25) is 0 Å². The van der Waals surface area contributed by atoms with Gasteiger partial charge in [0.05, 0.1) is 0 Å². The number of hydrogen-bond donors (Lipinski definition) is 2. The minimum atomic E-state index is -0.725. The highest BCUT2D eigenvalue weighted by atomic mass is 16.2. The second kappa shape index (κ2) is 8.56. The normalized spacial score (nSPS) is 19.3. The van der Waals surface area contributed by atoms with Crippen LogP contribution in [0.15, 0.2) is 72.8 Å². The zero-order chi connectivity index (χ0) is 22.0. The van der Waals surface area contributed by atoms with Crippen LogP contribution >= 0.6 is 0 Å². The van der Waals surface area contributed by atoms with E-state index in [1.807, 2.05) is 93.7 Å². The second-order valence-corrected chi connectivity index (χ2v) is 8.10. The summed E-state index contributed by atoms with van der Waals surface area (Å²) < 4.78 is 1.79. The molecule has 31 heavy (non-hydrogen) atoms. The smallest absolute Gasteiger partial charge is 0.304 e. The van der Waals surface area contributed by atoms with Crippen LogP contribution in [-0.2, 0) is 4.79 Å². The van der Waals surface area contributed by atoms with Crippen molar-refractivity contribution in [3.05, 3.63) is 106 Å². The molecular formula is C26H26N3O2+. The van der Waals surface area contributed by atoms with Crippen LogP contribution in [-0.4, -0.2) is 28.8 Å². The summed E-state index contributed by atoms with van der Waals surface area (Å²) in [4.78, 5) is 25.8. The van der Waals surface area contributed by atoms with Crippen molar-refractivity contribution in [1.82, 2.24) is 10.7 Å². The SMILES string of the molecule is Cc1ccc(/C=[N+]2\NC(=O)[C@@H](NC(=O)c3cccc(C)c3)[C@H]2c2ccc(C)cc2)cc1. The van der Waals surface area contributed by atoms with Crippen molar-refractivity contribution < 1.29 is 14.3 Å². The van der Waals surface area contributed by atoms with Crippen molar-refractivity contribution in [2.24, 2.45) is 0 Å². The van der Waals surface area contributed by atoms with Crippen LogP contribution in [0, 0.1) is 20.8 Å². The number of nitrogens with one attached hydrogen (secondary N) is 2. The maximum Gasteiger partial charge on any atom is 0.304 e. The lowest BCUT2D eigenvalue weighted by molar-refractivity contribution is -0.596. The molecule has 5 nitrogen and oxygen atoms in total. The van der Waals surface area contributed by atoms with Crippen molar-refractivity contribution in [3.63, 3.8) is 0 Å². The topological polar surface area (TPSA) is 61.2 Å². The minimum Gasteiger partial charge on any atom is -0.334 e. The molecule has 1 aliphatic heterocycles. The summed E-state index contributed by atoms with van der Waals surface area (Å²) in [5, 5.41) is 2.95. The Morgan fingerprint density at radius 3 is 2.19 bits per heavy atom. The number of aryl methyl sites for hydroxylation is 3. The van der Waals surface area contributed by atoms with Crippen molar-refractivity contribution >= 4 is 18.0 Å². The first kappa shape index (κ1) is 20.5. The number of carbonyl (C=O) groups excluding carboxylic acids is 2. The Labute approximate surface area is 182 Å². The molecular weight excluding hydrogens is 386 g/mol. The summed E-state index contributed by atoms with van der Waals surface area (Å²) in [7, 11) is 0. The van der Waals surface area contributed by atoms with E-state index in [1.165, 1.54) is 5.56 Å². The number of hydrogen-bond acceptors (Lipinski definition) is 2. The number of hydrazine groups is 1. The van der Waals surface area contributed by atoms with Gasteiger partial charge in [0.1, 0.15) is 0 Å². The van der Waals surface area contributed by atoms with E-state index in [0.717, 1.165) is 22.3 Å². The maximum atomic E-state index is 12.9. The van der Waals surface area contributed by atoms with Gasteiger partial charge in [-0.2, -0.15) is 0 Å². The average Bonchev–Trinajstić information content (AvgIpc) is 3.05. The Hall–Kier alpha value is -3.73. The van der Waals surface area contributed by atoms with Gasteiger partial charge in [-0.3, -0.25) is 9.59 Å². The van der Waals surface area contributed by atoms with E-state index < -0.39 is 6.04 Å². The van der Waals surface area contributed by atoms with Crippen molar-refractivity contribution in [1.29, 1.82) is 0 Å². The number of rotatable bonds is 4. The molecule has 2 atom stereocenters. The number of hydrazone groups is 1. The maximum absolute atomic E-state index is 12.9. The van der Waals surface area contributed by atoms with Gasteiger partial charge in [0.15, 0.2) is 6.04 Å². The number of benzene rings is 3. The first-order chi connectivity index (χ1) is 14.9. The predicted molar refractivity (Wildman–Crippen MR) is 121 cm³/mol. The van der Waals surface area contributed by atoms with E-state index in [2.05, 4.69) is 10.7 Å². The summed E-state index contributed by atoms with van der Waals surface area (Å²) in [6.45, 7) is 5.99. The summed E-state index contributed by atoms with van der Waals surface area (Å²) in [6.07, 6.45) is 1.90.